The maximum Gasteiger partial charge on any atom is 0.220 e. The molecule has 0 heterocycles. The van der Waals surface area contributed by atoms with E-state index in [0.717, 1.165) is 29.9 Å². The number of rotatable bonds is 13. The zero-order chi connectivity index (χ0) is 27.3. The first-order chi connectivity index (χ1) is 18.4. The molecule has 0 bridgehead atoms. The third-order valence-electron chi connectivity index (χ3n) is 5.68. The second kappa shape index (κ2) is 14.7. The molecule has 0 fully saturated rings. The van der Waals surface area contributed by atoms with E-state index in [4.69, 9.17) is 9.47 Å². The first-order valence-electron chi connectivity index (χ1n) is 12.3. The van der Waals surface area contributed by atoms with Crippen molar-refractivity contribution in [3.05, 3.63) is 66.2 Å². The van der Waals surface area contributed by atoms with Gasteiger partial charge in [-0.2, -0.15) is 22.9 Å². The van der Waals surface area contributed by atoms with Crippen LogP contribution in [0.5, 0.6) is 11.5 Å². The number of thiol groups is 1. The predicted octanol–water partition coefficient (Wildman–Crippen LogP) is 7.11. The van der Waals surface area contributed by atoms with Crippen LogP contribution in [-0.4, -0.2) is 46.0 Å². The Labute approximate surface area is 229 Å². The van der Waals surface area contributed by atoms with E-state index < -0.39 is 0 Å². The lowest BCUT2D eigenvalue weighted by molar-refractivity contribution is -0.121. The third kappa shape index (κ3) is 8.58. The Kier molecular flexibility index (Phi) is 11.1. The smallest absolute Gasteiger partial charge is 0.220 e. The van der Waals surface area contributed by atoms with Crippen molar-refractivity contribution in [2.24, 2.45) is 20.5 Å². The molecule has 0 spiro atoms. The molecule has 0 aliphatic rings. The Morgan fingerprint density at radius 3 is 1.89 bits per heavy atom. The maximum atomic E-state index is 11.7. The predicted molar refractivity (Wildman–Crippen MR) is 155 cm³/mol. The molecule has 1 N–H and O–H groups in total. The lowest BCUT2D eigenvalue weighted by Crippen LogP contribution is -2.26. The fourth-order valence-corrected chi connectivity index (χ4v) is 3.63. The van der Waals surface area contributed by atoms with Crippen molar-refractivity contribution in [3.63, 3.8) is 0 Å². The molecular weight excluding hydrogens is 500 g/mol. The summed E-state index contributed by atoms with van der Waals surface area (Å²) in [5.74, 6) is 1.70. The van der Waals surface area contributed by atoms with Crippen LogP contribution in [0.25, 0.3) is 0 Å². The Balaban J connectivity index is 1.66. The minimum atomic E-state index is 0.0534. The number of azo groups is 2. The molecule has 38 heavy (non-hydrogen) atoms. The Bertz CT molecular complexity index is 1250. The standard InChI is InChI=1S/C28H34N6O3S/c1-20-7-9-21(10-8-20)30-32-24-18-27(37-4)25(19-26(24)36-3)33-31-22-11-13-23(14-12-22)34(2)16-5-6-28(35)29-15-17-38/h7-14,18-19,38H,5-6,15-17H2,1-4H3,(H,29,35). The van der Waals surface area contributed by atoms with Gasteiger partial charge in [0, 0.05) is 50.1 Å². The van der Waals surface area contributed by atoms with Crippen LogP contribution in [0.1, 0.15) is 18.4 Å². The zero-order valence-electron chi connectivity index (χ0n) is 22.2. The molecule has 0 unspecified atom stereocenters. The average Bonchev–Trinajstić information content (AvgIpc) is 2.94. The number of aryl methyl sites for hydroxylation is 1. The minimum Gasteiger partial charge on any atom is -0.494 e. The van der Waals surface area contributed by atoms with Gasteiger partial charge in [-0.05, 0) is 49.7 Å². The molecule has 0 aromatic heterocycles. The number of carbonyl (C=O) groups excluding carboxylic acids is 1. The van der Waals surface area contributed by atoms with Crippen molar-refractivity contribution in [1.29, 1.82) is 0 Å². The van der Waals surface area contributed by atoms with E-state index in [-0.39, 0.29) is 5.91 Å². The van der Waals surface area contributed by atoms with Crippen LogP contribution < -0.4 is 19.7 Å². The number of hydrogen-bond acceptors (Lipinski definition) is 9. The number of benzene rings is 3. The molecule has 3 aromatic rings. The molecule has 0 saturated heterocycles. The van der Waals surface area contributed by atoms with Gasteiger partial charge in [0.15, 0.2) is 0 Å². The molecule has 0 saturated carbocycles. The molecule has 0 aliphatic carbocycles. The van der Waals surface area contributed by atoms with Crippen LogP contribution >= 0.6 is 12.6 Å². The summed E-state index contributed by atoms with van der Waals surface area (Å²) in [4.78, 5) is 13.8. The highest BCUT2D eigenvalue weighted by atomic mass is 32.1. The van der Waals surface area contributed by atoms with Crippen molar-refractivity contribution in [2.75, 3.05) is 45.0 Å². The molecule has 9 nitrogen and oxygen atoms in total. The van der Waals surface area contributed by atoms with Crippen LogP contribution in [-0.2, 0) is 4.79 Å². The quantitative estimate of drug-likeness (QED) is 0.180. The largest absolute Gasteiger partial charge is 0.494 e. The third-order valence-corrected chi connectivity index (χ3v) is 5.91. The van der Waals surface area contributed by atoms with Crippen molar-refractivity contribution < 1.29 is 14.3 Å². The van der Waals surface area contributed by atoms with E-state index in [0.29, 0.717) is 47.3 Å². The van der Waals surface area contributed by atoms with Crippen molar-refractivity contribution >= 4 is 47.0 Å². The molecule has 0 radical (unpaired) electrons. The van der Waals surface area contributed by atoms with E-state index in [1.807, 2.05) is 62.5 Å². The topological polar surface area (TPSA) is 100 Å². The summed E-state index contributed by atoms with van der Waals surface area (Å²) in [6.07, 6.45) is 1.25. The van der Waals surface area contributed by atoms with Gasteiger partial charge in [-0.15, -0.1) is 10.2 Å². The number of ether oxygens (including phenoxy) is 2. The Morgan fingerprint density at radius 2 is 1.39 bits per heavy atom. The highest BCUT2D eigenvalue weighted by molar-refractivity contribution is 7.80. The van der Waals surface area contributed by atoms with Crippen molar-refractivity contribution in [3.8, 4) is 11.5 Å². The van der Waals surface area contributed by atoms with E-state index in [1.165, 1.54) is 0 Å². The second-order valence-electron chi connectivity index (χ2n) is 8.55. The van der Waals surface area contributed by atoms with Crippen molar-refractivity contribution in [1.82, 2.24) is 5.32 Å². The summed E-state index contributed by atoms with van der Waals surface area (Å²) >= 11 is 4.10. The fourth-order valence-electron chi connectivity index (χ4n) is 3.52. The number of nitrogens with one attached hydrogen (secondary N) is 1. The van der Waals surface area contributed by atoms with Crippen LogP contribution in [0.3, 0.4) is 0 Å². The summed E-state index contributed by atoms with van der Waals surface area (Å²) in [5.41, 5.74) is 4.65. The molecule has 0 atom stereocenters. The van der Waals surface area contributed by atoms with E-state index in [2.05, 4.69) is 43.3 Å². The second-order valence-corrected chi connectivity index (χ2v) is 8.99. The van der Waals surface area contributed by atoms with Gasteiger partial charge in [0.1, 0.15) is 22.9 Å². The van der Waals surface area contributed by atoms with Gasteiger partial charge < -0.3 is 19.7 Å². The maximum absolute atomic E-state index is 11.7. The summed E-state index contributed by atoms with van der Waals surface area (Å²) in [5, 5.41) is 20.2. The Morgan fingerprint density at radius 1 is 0.868 bits per heavy atom. The van der Waals surface area contributed by atoms with Crippen LogP contribution in [0.15, 0.2) is 81.1 Å². The van der Waals surface area contributed by atoms with Crippen LogP contribution in [0.4, 0.5) is 28.4 Å². The van der Waals surface area contributed by atoms with Crippen molar-refractivity contribution in [2.45, 2.75) is 19.8 Å². The zero-order valence-corrected chi connectivity index (χ0v) is 23.1. The number of methoxy groups -OCH3 is 2. The highest BCUT2D eigenvalue weighted by Crippen LogP contribution is 2.41. The first-order valence-corrected chi connectivity index (χ1v) is 12.9. The summed E-state index contributed by atoms with van der Waals surface area (Å²) in [7, 11) is 5.13. The first kappa shape index (κ1) is 28.6. The van der Waals surface area contributed by atoms with E-state index >= 15 is 0 Å². The number of amides is 1. The SMILES string of the molecule is COc1cc(N=Nc2ccc(N(C)CCCC(=O)NCCS)cc2)c(OC)cc1N=Nc1ccc(C)cc1. The molecule has 3 aromatic carbocycles. The lowest BCUT2D eigenvalue weighted by atomic mass is 10.2. The average molecular weight is 535 g/mol. The molecule has 0 aliphatic heterocycles. The Hall–Kier alpha value is -3.92. The van der Waals surface area contributed by atoms with Crippen LogP contribution in [0, 0.1) is 6.92 Å². The normalized spacial score (nSPS) is 11.2. The fraction of sp³-hybridized carbons (Fsp3) is 0.321. The molecule has 1 amide bonds. The molecule has 3 rings (SSSR count). The van der Waals surface area contributed by atoms with Gasteiger partial charge in [-0.25, -0.2) is 0 Å². The van der Waals surface area contributed by atoms with Gasteiger partial charge >= 0.3 is 0 Å². The monoisotopic (exact) mass is 534 g/mol. The van der Waals surface area contributed by atoms with Gasteiger partial charge in [-0.3, -0.25) is 4.79 Å². The molecular formula is C28H34N6O3S. The molecule has 200 valence electrons. The lowest BCUT2D eigenvalue weighted by Gasteiger charge is -2.19. The van der Waals surface area contributed by atoms with Gasteiger partial charge in [-0.1, -0.05) is 17.7 Å². The highest BCUT2D eigenvalue weighted by Gasteiger charge is 2.12. The molecule has 10 heteroatoms. The van der Waals surface area contributed by atoms with E-state index in [9.17, 15) is 4.79 Å². The minimum absolute atomic E-state index is 0.0534. The summed E-state index contributed by atoms with van der Waals surface area (Å²) in [6.45, 7) is 3.38. The number of nitrogens with zero attached hydrogens (tertiary/aromatic N) is 5. The van der Waals surface area contributed by atoms with Gasteiger partial charge in [0.05, 0.1) is 25.6 Å². The van der Waals surface area contributed by atoms with Crippen LogP contribution in [0.2, 0.25) is 0 Å². The summed E-state index contributed by atoms with van der Waals surface area (Å²) < 4.78 is 11.0. The number of anilines is 1. The number of carbonyl (C=O) groups is 1. The summed E-state index contributed by atoms with van der Waals surface area (Å²) in [6, 6.07) is 18.9. The number of hydrogen-bond donors (Lipinski definition) is 2. The van der Waals surface area contributed by atoms with Gasteiger partial charge in [0.2, 0.25) is 5.91 Å². The van der Waals surface area contributed by atoms with E-state index in [1.54, 1.807) is 26.4 Å². The van der Waals surface area contributed by atoms with Gasteiger partial charge in [0.25, 0.3) is 0 Å².